The van der Waals surface area contributed by atoms with E-state index >= 15 is 0 Å². The van der Waals surface area contributed by atoms with Gasteiger partial charge in [0, 0.05) is 17.3 Å². The van der Waals surface area contributed by atoms with Gasteiger partial charge >= 0.3 is 0 Å². The summed E-state index contributed by atoms with van der Waals surface area (Å²) in [6.45, 7) is 3.82. The van der Waals surface area contributed by atoms with Crippen LogP contribution in [0.5, 0.6) is 0 Å². The molecule has 0 heterocycles. The van der Waals surface area contributed by atoms with Gasteiger partial charge in [-0.3, -0.25) is 0 Å². The molecule has 92 valence electrons. The molecule has 1 aromatic carbocycles. The Morgan fingerprint density at radius 3 is 2.65 bits per heavy atom. The van der Waals surface area contributed by atoms with Crippen LogP contribution in [-0.2, 0) is 0 Å². The largest absolute Gasteiger partial charge is 0.396 e. The lowest BCUT2D eigenvalue weighted by Crippen LogP contribution is -2.04. The highest BCUT2D eigenvalue weighted by Crippen LogP contribution is 2.29. The molecule has 3 nitrogen and oxygen atoms in total. The zero-order valence-corrected chi connectivity index (χ0v) is 10.9. The zero-order chi connectivity index (χ0) is 12.8. The number of thioether (sulfide) groups is 1. The third-order valence-corrected chi connectivity index (χ3v) is 3.83. The lowest BCUT2D eigenvalue weighted by molar-refractivity contribution is 0.196. The molecule has 0 amide bonds. The van der Waals surface area contributed by atoms with Gasteiger partial charge in [-0.15, -0.1) is 11.8 Å². The molecular formula is C13H17NO2S. The van der Waals surface area contributed by atoms with Gasteiger partial charge < -0.3 is 10.2 Å². The molecule has 4 heteroatoms. The fraction of sp³-hybridized carbons (Fsp3) is 0.462. The van der Waals surface area contributed by atoms with Gasteiger partial charge in [-0.1, -0.05) is 13.0 Å². The first-order valence-corrected chi connectivity index (χ1v) is 6.52. The van der Waals surface area contributed by atoms with E-state index in [9.17, 15) is 5.11 Å². The number of nitriles is 1. The maximum Gasteiger partial charge on any atom is 0.0992 e. The normalized spacial score (nSPS) is 14.1. The Morgan fingerprint density at radius 2 is 2.12 bits per heavy atom. The predicted molar refractivity (Wildman–Crippen MR) is 68.8 cm³/mol. The molecule has 2 atom stereocenters. The van der Waals surface area contributed by atoms with Crippen LogP contribution in [-0.4, -0.2) is 22.6 Å². The van der Waals surface area contributed by atoms with E-state index in [2.05, 4.69) is 6.07 Å². The van der Waals surface area contributed by atoms with Gasteiger partial charge in [-0.2, -0.15) is 5.26 Å². The van der Waals surface area contributed by atoms with Crippen LogP contribution in [0, 0.1) is 17.2 Å². The average Bonchev–Trinajstić information content (AvgIpc) is 2.35. The third-order valence-electron chi connectivity index (χ3n) is 2.43. The molecule has 0 aliphatic heterocycles. The summed E-state index contributed by atoms with van der Waals surface area (Å²) < 4.78 is 0. The minimum absolute atomic E-state index is 0.148. The van der Waals surface area contributed by atoms with Crippen molar-refractivity contribution in [2.75, 3.05) is 12.4 Å². The van der Waals surface area contributed by atoms with Gasteiger partial charge in [-0.25, -0.2) is 0 Å². The Labute approximate surface area is 106 Å². The highest BCUT2D eigenvalue weighted by atomic mass is 32.2. The van der Waals surface area contributed by atoms with E-state index < -0.39 is 6.10 Å². The van der Waals surface area contributed by atoms with E-state index in [1.54, 1.807) is 36.9 Å². The van der Waals surface area contributed by atoms with Crippen LogP contribution >= 0.6 is 11.8 Å². The molecule has 1 rings (SSSR count). The second-order valence-electron chi connectivity index (χ2n) is 4.14. The summed E-state index contributed by atoms with van der Waals surface area (Å²) in [5.74, 6) is 0.970. The lowest BCUT2D eigenvalue weighted by Gasteiger charge is -2.13. The van der Waals surface area contributed by atoms with Crippen molar-refractivity contribution in [1.82, 2.24) is 0 Å². The zero-order valence-electron chi connectivity index (χ0n) is 10.1. The van der Waals surface area contributed by atoms with E-state index in [1.807, 2.05) is 6.92 Å². The summed E-state index contributed by atoms with van der Waals surface area (Å²) in [6.07, 6.45) is -0.547. The Balaban J connectivity index is 2.90. The first kappa shape index (κ1) is 14.0. The second-order valence-corrected chi connectivity index (χ2v) is 5.20. The van der Waals surface area contributed by atoms with Gasteiger partial charge in [0.05, 0.1) is 17.7 Å². The Kier molecular flexibility index (Phi) is 5.49. The van der Waals surface area contributed by atoms with Crippen molar-refractivity contribution in [2.45, 2.75) is 24.8 Å². The van der Waals surface area contributed by atoms with E-state index in [-0.39, 0.29) is 12.5 Å². The highest BCUT2D eigenvalue weighted by molar-refractivity contribution is 7.99. The van der Waals surface area contributed by atoms with E-state index in [4.69, 9.17) is 10.4 Å². The summed E-state index contributed by atoms with van der Waals surface area (Å²) in [7, 11) is 0. The molecule has 0 saturated heterocycles. The van der Waals surface area contributed by atoms with Crippen molar-refractivity contribution < 1.29 is 10.2 Å². The van der Waals surface area contributed by atoms with Crippen molar-refractivity contribution in [3.05, 3.63) is 29.3 Å². The molecule has 17 heavy (non-hydrogen) atoms. The Bertz CT molecular complexity index is 412. The number of rotatable bonds is 5. The molecule has 0 aliphatic carbocycles. The van der Waals surface area contributed by atoms with E-state index in [0.717, 1.165) is 16.2 Å². The molecule has 2 N–H and O–H groups in total. The van der Waals surface area contributed by atoms with Gasteiger partial charge in [-0.05, 0) is 30.5 Å². The van der Waals surface area contributed by atoms with Crippen LogP contribution in [0.4, 0.5) is 0 Å². The van der Waals surface area contributed by atoms with Crippen LogP contribution < -0.4 is 0 Å². The topological polar surface area (TPSA) is 64.2 Å². The quantitative estimate of drug-likeness (QED) is 0.788. The van der Waals surface area contributed by atoms with Gasteiger partial charge in [0.15, 0.2) is 0 Å². The maximum absolute atomic E-state index is 9.64. The number of aliphatic hydroxyl groups excluding tert-OH is 2. The molecule has 0 fully saturated rings. The maximum atomic E-state index is 9.64. The smallest absolute Gasteiger partial charge is 0.0992 e. The van der Waals surface area contributed by atoms with Crippen LogP contribution in [0.3, 0.4) is 0 Å². The number of benzene rings is 1. The van der Waals surface area contributed by atoms with Gasteiger partial charge in [0.2, 0.25) is 0 Å². The van der Waals surface area contributed by atoms with Crippen LogP contribution in [0.25, 0.3) is 0 Å². The van der Waals surface area contributed by atoms with Crippen molar-refractivity contribution >= 4 is 11.8 Å². The van der Waals surface area contributed by atoms with Crippen LogP contribution in [0.2, 0.25) is 0 Å². The Morgan fingerprint density at radius 1 is 1.41 bits per heavy atom. The number of nitrogens with zero attached hydrogens (tertiary/aromatic N) is 1. The molecule has 1 aromatic rings. The van der Waals surface area contributed by atoms with Crippen molar-refractivity contribution in [1.29, 1.82) is 5.26 Å². The minimum atomic E-state index is -0.547. The van der Waals surface area contributed by atoms with Gasteiger partial charge in [0.25, 0.3) is 0 Å². The molecule has 0 aromatic heterocycles. The average molecular weight is 251 g/mol. The molecule has 0 radical (unpaired) electrons. The third kappa shape index (κ3) is 4.04. The fourth-order valence-corrected chi connectivity index (χ4v) is 2.54. The number of aliphatic hydroxyl groups is 2. The predicted octanol–water partition coefficient (Wildman–Crippen LogP) is 2.33. The second kappa shape index (κ2) is 6.65. The molecule has 1 unspecified atom stereocenters. The summed E-state index contributed by atoms with van der Waals surface area (Å²) in [5.41, 5.74) is 1.42. The van der Waals surface area contributed by atoms with E-state index in [0.29, 0.717) is 5.56 Å². The Hall–Kier alpha value is -1.02. The first-order chi connectivity index (χ1) is 8.08. The summed E-state index contributed by atoms with van der Waals surface area (Å²) in [4.78, 5) is 0.916. The monoisotopic (exact) mass is 251 g/mol. The van der Waals surface area contributed by atoms with Crippen LogP contribution in [0.1, 0.15) is 31.1 Å². The fourth-order valence-electron chi connectivity index (χ4n) is 1.36. The highest BCUT2D eigenvalue weighted by Gasteiger charge is 2.11. The van der Waals surface area contributed by atoms with E-state index in [1.165, 1.54) is 0 Å². The molecule has 0 aliphatic rings. The SMILES string of the molecule is CC(CO)CSc1cc(C#N)ccc1[C@H](C)O. The molecular weight excluding hydrogens is 234 g/mol. The summed E-state index contributed by atoms with van der Waals surface area (Å²) in [5, 5.41) is 27.5. The minimum Gasteiger partial charge on any atom is -0.396 e. The first-order valence-electron chi connectivity index (χ1n) is 5.54. The van der Waals surface area contributed by atoms with Crippen molar-refractivity contribution in [3.8, 4) is 6.07 Å². The van der Waals surface area contributed by atoms with Crippen molar-refractivity contribution in [2.24, 2.45) is 5.92 Å². The number of hydrogen-bond acceptors (Lipinski definition) is 4. The summed E-state index contributed by atoms with van der Waals surface area (Å²) in [6, 6.07) is 7.38. The summed E-state index contributed by atoms with van der Waals surface area (Å²) >= 11 is 1.57. The standard InChI is InChI=1S/C13H17NO2S/c1-9(7-15)8-17-13-5-11(6-14)3-4-12(13)10(2)16/h3-5,9-10,15-16H,7-8H2,1-2H3/t9?,10-/m0/s1. The van der Waals surface area contributed by atoms with Crippen molar-refractivity contribution in [3.63, 3.8) is 0 Å². The van der Waals surface area contributed by atoms with Gasteiger partial charge in [0.1, 0.15) is 0 Å². The lowest BCUT2D eigenvalue weighted by atomic mass is 10.1. The number of hydrogen-bond donors (Lipinski definition) is 2. The molecule has 0 bridgehead atoms. The molecule has 0 saturated carbocycles. The van der Waals surface area contributed by atoms with Crippen LogP contribution in [0.15, 0.2) is 23.1 Å². The molecule has 0 spiro atoms.